The highest BCUT2D eigenvalue weighted by atomic mass is 32.2. The second kappa shape index (κ2) is 5.92. The van der Waals surface area contributed by atoms with E-state index in [1.54, 1.807) is 13.8 Å². The number of benzene rings is 1. The third-order valence-corrected chi connectivity index (χ3v) is 4.45. The summed E-state index contributed by atoms with van der Waals surface area (Å²) in [6.07, 6.45) is 0. The number of sulfonamides is 1. The minimum Gasteiger partial charge on any atom is -0.369 e. The summed E-state index contributed by atoms with van der Waals surface area (Å²) in [5.74, 6) is -0.326. The number of methoxy groups -OCH3 is 1. The molecule has 114 valence electrons. The molecule has 6 nitrogen and oxygen atoms in total. The molecular weight excluding hydrogens is 299 g/mol. The molecule has 0 spiro atoms. The fourth-order valence-electron chi connectivity index (χ4n) is 1.78. The monoisotopic (exact) mass is 314 g/mol. The minimum absolute atomic E-state index is 0.0737. The maximum atomic E-state index is 14.5. The van der Waals surface area contributed by atoms with Gasteiger partial charge in [-0.25, -0.2) is 12.8 Å². The summed E-state index contributed by atoms with van der Waals surface area (Å²) in [6, 6.07) is 4.08. The van der Waals surface area contributed by atoms with Crippen LogP contribution in [-0.4, -0.2) is 27.4 Å². The van der Waals surface area contributed by atoms with E-state index in [0.29, 0.717) is 11.3 Å². The molecule has 2 rings (SSSR count). The van der Waals surface area contributed by atoms with Crippen molar-refractivity contribution in [3.63, 3.8) is 0 Å². The van der Waals surface area contributed by atoms with Crippen LogP contribution in [-0.2, 0) is 14.8 Å². The van der Waals surface area contributed by atoms with Crippen molar-refractivity contribution >= 4 is 10.0 Å². The Morgan fingerprint density at radius 3 is 2.67 bits per heavy atom. The summed E-state index contributed by atoms with van der Waals surface area (Å²) in [6.45, 7) is 3.18. The number of halogens is 1. The topological polar surface area (TPSA) is 81.4 Å². The number of aryl methyl sites for hydroxylation is 1. The van der Waals surface area contributed by atoms with Crippen LogP contribution in [0.2, 0.25) is 0 Å². The zero-order chi connectivity index (χ0) is 15.6. The molecule has 0 saturated heterocycles. The minimum atomic E-state index is -4.00. The van der Waals surface area contributed by atoms with Gasteiger partial charge >= 0.3 is 0 Å². The van der Waals surface area contributed by atoms with E-state index < -0.39 is 20.7 Å². The van der Waals surface area contributed by atoms with Gasteiger partial charge in [0.25, 0.3) is 0 Å². The molecule has 0 aliphatic rings. The second-order valence-electron chi connectivity index (χ2n) is 4.41. The van der Waals surface area contributed by atoms with Crippen molar-refractivity contribution in [2.45, 2.75) is 18.7 Å². The normalized spacial score (nSPS) is 11.8. The zero-order valence-corrected chi connectivity index (χ0v) is 12.6. The number of rotatable bonds is 5. The highest BCUT2D eigenvalue weighted by molar-refractivity contribution is 7.89. The zero-order valence-electron chi connectivity index (χ0n) is 11.8. The molecule has 1 aromatic heterocycles. The molecule has 8 heteroatoms. The standard InChI is InChI=1S/C13H15FN2O4S/c1-8-9(2)20-16-13(8)10-5-4-6-11(12(10)14)21(17,18)15-7-19-3/h4-6,15H,7H2,1-3H3. The van der Waals surface area contributed by atoms with Crippen molar-refractivity contribution in [1.29, 1.82) is 0 Å². The third kappa shape index (κ3) is 2.97. The van der Waals surface area contributed by atoms with Gasteiger partial charge in [-0.05, 0) is 26.0 Å². The van der Waals surface area contributed by atoms with Crippen LogP contribution in [0.4, 0.5) is 4.39 Å². The smallest absolute Gasteiger partial charge is 0.245 e. The van der Waals surface area contributed by atoms with Gasteiger partial charge in [0.05, 0.1) is 0 Å². The number of hydrogen-bond donors (Lipinski definition) is 1. The Kier molecular flexibility index (Phi) is 4.40. The first-order valence-corrected chi connectivity index (χ1v) is 7.57. The molecular formula is C13H15FN2O4S. The van der Waals surface area contributed by atoms with Gasteiger partial charge in [-0.15, -0.1) is 0 Å². The van der Waals surface area contributed by atoms with E-state index >= 15 is 0 Å². The average Bonchev–Trinajstić information content (AvgIpc) is 2.77. The second-order valence-corrected chi connectivity index (χ2v) is 6.15. The van der Waals surface area contributed by atoms with Crippen molar-refractivity contribution < 1.29 is 22.1 Å². The molecule has 1 N–H and O–H groups in total. The number of ether oxygens (including phenoxy) is 1. The Bertz CT molecular complexity index is 756. The van der Waals surface area contributed by atoms with Gasteiger partial charge in [0.15, 0.2) is 5.82 Å². The van der Waals surface area contributed by atoms with Crippen LogP contribution in [0.25, 0.3) is 11.3 Å². The third-order valence-electron chi connectivity index (χ3n) is 3.06. The molecule has 0 bridgehead atoms. The van der Waals surface area contributed by atoms with Crippen LogP contribution in [0.15, 0.2) is 27.6 Å². The number of hydrogen-bond acceptors (Lipinski definition) is 5. The highest BCUT2D eigenvalue weighted by Gasteiger charge is 2.23. The summed E-state index contributed by atoms with van der Waals surface area (Å²) in [7, 11) is -2.67. The molecule has 0 atom stereocenters. The Morgan fingerprint density at radius 2 is 2.10 bits per heavy atom. The van der Waals surface area contributed by atoms with Gasteiger partial charge < -0.3 is 9.26 Å². The lowest BCUT2D eigenvalue weighted by Gasteiger charge is -2.09. The highest BCUT2D eigenvalue weighted by Crippen LogP contribution is 2.29. The van der Waals surface area contributed by atoms with Gasteiger partial charge in [0.1, 0.15) is 23.1 Å². The van der Waals surface area contributed by atoms with E-state index in [2.05, 4.69) is 14.6 Å². The summed E-state index contributed by atoms with van der Waals surface area (Å²) in [5, 5.41) is 3.78. The van der Waals surface area contributed by atoms with Crippen molar-refractivity contribution in [3.05, 3.63) is 35.3 Å². The molecule has 1 aromatic carbocycles. The van der Waals surface area contributed by atoms with Crippen LogP contribution in [0.5, 0.6) is 0 Å². The van der Waals surface area contributed by atoms with E-state index in [0.717, 1.165) is 0 Å². The Balaban J connectivity index is 2.53. The van der Waals surface area contributed by atoms with Crippen LogP contribution < -0.4 is 4.72 Å². The van der Waals surface area contributed by atoms with Crippen LogP contribution in [0.3, 0.4) is 0 Å². The predicted octanol–water partition coefficient (Wildman–Crippen LogP) is 1.98. The maximum Gasteiger partial charge on any atom is 0.245 e. The van der Waals surface area contributed by atoms with Crippen LogP contribution in [0, 0.1) is 19.7 Å². The van der Waals surface area contributed by atoms with Crippen molar-refractivity contribution in [1.82, 2.24) is 9.88 Å². The molecule has 1 heterocycles. The van der Waals surface area contributed by atoms with Crippen LogP contribution >= 0.6 is 0 Å². The predicted molar refractivity (Wildman–Crippen MR) is 73.6 cm³/mol. The summed E-state index contributed by atoms with van der Waals surface area (Å²) < 4.78 is 50.3. The molecule has 0 aliphatic carbocycles. The molecule has 0 saturated carbocycles. The largest absolute Gasteiger partial charge is 0.369 e. The van der Waals surface area contributed by atoms with Crippen molar-refractivity contribution in [2.24, 2.45) is 0 Å². The first-order chi connectivity index (χ1) is 9.88. The molecule has 0 aliphatic heterocycles. The Morgan fingerprint density at radius 1 is 1.38 bits per heavy atom. The van der Waals surface area contributed by atoms with Crippen LogP contribution in [0.1, 0.15) is 11.3 Å². The van der Waals surface area contributed by atoms with Crippen molar-refractivity contribution in [3.8, 4) is 11.3 Å². The number of nitrogens with one attached hydrogen (secondary N) is 1. The quantitative estimate of drug-likeness (QED) is 0.853. The van der Waals surface area contributed by atoms with Crippen molar-refractivity contribution in [2.75, 3.05) is 13.8 Å². The van der Waals surface area contributed by atoms with E-state index in [1.807, 2.05) is 0 Å². The molecule has 2 aromatic rings. The molecule has 0 amide bonds. The lowest BCUT2D eigenvalue weighted by atomic mass is 10.1. The summed E-state index contributed by atoms with van der Waals surface area (Å²) in [4.78, 5) is -0.461. The maximum absolute atomic E-state index is 14.5. The van der Waals surface area contributed by atoms with E-state index in [9.17, 15) is 12.8 Å². The van der Waals surface area contributed by atoms with Gasteiger partial charge in [-0.3, -0.25) is 0 Å². The fraction of sp³-hybridized carbons (Fsp3) is 0.308. The van der Waals surface area contributed by atoms with Gasteiger partial charge in [-0.1, -0.05) is 11.2 Å². The fourth-order valence-corrected chi connectivity index (χ4v) is 2.82. The summed E-state index contributed by atoms with van der Waals surface area (Å²) in [5.41, 5.74) is 1.02. The van der Waals surface area contributed by atoms with Gasteiger partial charge in [0, 0.05) is 18.2 Å². The van der Waals surface area contributed by atoms with E-state index in [-0.39, 0.29) is 18.0 Å². The molecule has 0 radical (unpaired) electrons. The summed E-state index contributed by atoms with van der Waals surface area (Å²) >= 11 is 0. The molecule has 0 fully saturated rings. The van der Waals surface area contributed by atoms with Gasteiger partial charge in [-0.2, -0.15) is 4.72 Å². The lowest BCUT2D eigenvalue weighted by molar-refractivity contribution is 0.194. The first-order valence-electron chi connectivity index (χ1n) is 6.09. The molecule has 0 unspecified atom stereocenters. The van der Waals surface area contributed by atoms with Gasteiger partial charge in [0.2, 0.25) is 10.0 Å². The Hall–Kier alpha value is -1.77. The number of aromatic nitrogens is 1. The SMILES string of the molecule is COCNS(=O)(=O)c1cccc(-c2noc(C)c2C)c1F. The first kappa shape index (κ1) is 15.6. The van der Waals surface area contributed by atoms with E-state index in [4.69, 9.17) is 4.52 Å². The lowest BCUT2D eigenvalue weighted by Crippen LogP contribution is -2.26. The number of nitrogens with zero attached hydrogens (tertiary/aromatic N) is 1. The van der Waals surface area contributed by atoms with E-state index in [1.165, 1.54) is 25.3 Å². The molecule has 21 heavy (non-hydrogen) atoms. The Labute approximate surface area is 122 Å². The average molecular weight is 314 g/mol.